The summed E-state index contributed by atoms with van der Waals surface area (Å²) in [6.45, 7) is 9.38. The largest absolute Gasteiger partial charge is 0.319 e. The monoisotopic (exact) mass is 260 g/mol. The molecule has 0 spiro atoms. The van der Waals surface area contributed by atoms with Crippen LogP contribution in [0.3, 0.4) is 0 Å². The van der Waals surface area contributed by atoms with Crippen LogP contribution in [0.4, 0.5) is 5.69 Å². The van der Waals surface area contributed by atoms with Crippen molar-refractivity contribution in [3.63, 3.8) is 0 Å². The Bertz CT molecular complexity index is 473. The lowest BCUT2D eigenvalue weighted by Crippen LogP contribution is -2.47. The number of amides is 1. The summed E-state index contributed by atoms with van der Waals surface area (Å²) in [5, 5.41) is 3.21. The second-order valence-corrected chi connectivity index (χ2v) is 6.08. The molecule has 1 unspecified atom stereocenters. The van der Waals surface area contributed by atoms with Gasteiger partial charge in [0.15, 0.2) is 0 Å². The molecule has 1 amide bonds. The highest BCUT2D eigenvalue weighted by molar-refractivity contribution is 5.99. The summed E-state index contributed by atoms with van der Waals surface area (Å²) < 4.78 is 0. The number of hydrogen-bond acceptors (Lipinski definition) is 2. The van der Waals surface area contributed by atoms with Crippen LogP contribution in [0, 0.1) is 19.8 Å². The quantitative estimate of drug-likeness (QED) is 0.906. The zero-order valence-electron chi connectivity index (χ0n) is 12.6. The van der Waals surface area contributed by atoms with E-state index in [0.717, 1.165) is 12.2 Å². The van der Waals surface area contributed by atoms with E-state index in [-0.39, 0.29) is 11.4 Å². The van der Waals surface area contributed by atoms with Gasteiger partial charge in [0, 0.05) is 24.4 Å². The fraction of sp³-hybridized carbons (Fsp3) is 0.562. The number of benzene rings is 1. The molecule has 2 rings (SSSR count). The normalized spacial score (nSPS) is 22.1. The standard InChI is InChI=1S/C16H24N2O/c1-11-7-6-8-12(2)15(11)18-14(19)9-13(10-17-5)16(18,3)4/h6-8,13,17H,9-10H2,1-5H3. The minimum atomic E-state index is -0.142. The number of para-hydroxylation sites is 1. The number of carbonyl (C=O) groups excluding carboxylic acids is 1. The zero-order valence-corrected chi connectivity index (χ0v) is 12.6. The Kier molecular flexibility index (Phi) is 3.68. The molecule has 3 nitrogen and oxygen atoms in total. The lowest BCUT2D eigenvalue weighted by atomic mass is 9.87. The molecule has 3 heteroatoms. The summed E-state index contributed by atoms with van der Waals surface area (Å²) in [6.07, 6.45) is 0.627. The van der Waals surface area contributed by atoms with Crippen LogP contribution in [0.15, 0.2) is 18.2 Å². The summed E-state index contributed by atoms with van der Waals surface area (Å²) in [7, 11) is 1.95. The molecule has 1 saturated heterocycles. The molecule has 1 aromatic rings. The van der Waals surface area contributed by atoms with Gasteiger partial charge < -0.3 is 10.2 Å². The molecule has 19 heavy (non-hydrogen) atoms. The summed E-state index contributed by atoms with van der Waals surface area (Å²) in [6, 6.07) is 6.21. The first-order valence-corrected chi connectivity index (χ1v) is 6.93. The van der Waals surface area contributed by atoms with Gasteiger partial charge in [-0.05, 0) is 45.9 Å². The molecule has 1 fully saturated rings. The number of rotatable bonds is 3. The van der Waals surface area contributed by atoms with Gasteiger partial charge in [0.05, 0.1) is 5.69 Å². The summed E-state index contributed by atoms with van der Waals surface area (Å²) in [5.74, 6) is 0.589. The fourth-order valence-electron chi connectivity index (χ4n) is 3.20. The SMILES string of the molecule is CNCC1CC(=O)N(c2c(C)cccc2C)C1(C)C. The minimum Gasteiger partial charge on any atom is -0.319 e. The fourth-order valence-corrected chi connectivity index (χ4v) is 3.20. The molecule has 0 radical (unpaired) electrons. The van der Waals surface area contributed by atoms with Crippen molar-refractivity contribution in [1.29, 1.82) is 0 Å². The van der Waals surface area contributed by atoms with E-state index in [1.54, 1.807) is 0 Å². The van der Waals surface area contributed by atoms with E-state index in [2.05, 4.69) is 45.1 Å². The predicted molar refractivity (Wildman–Crippen MR) is 79.5 cm³/mol. The predicted octanol–water partition coefficient (Wildman–Crippen LogP) is 2.65. The Morgan fingerprint density at radius 3 is 2.42 bits per heavy atom. The molecule has 0 aliphatic carbocycles. The Morgan fingerprint density at radius 2 is 1.89 bits per heavy atom. The van der Waals surface area contributed by atoms with Gasteiger partial charge in [-0.15, -0.1) is 0 Å². The van der Waals surface area contributed by atoms with Crippen molar-refractivity contribution in [2.24, 2.45) is 5.92 Å². The topological polar surface area (TPSA) is 32.3 Å². The van der Waals surface area contributed by atoms with Crippen molar-refractivity contribution in [3.05, 3.63) is 29.3 Å². The third-order valence-electron chi connectivity index (χ3n) is 4.36. The van der Waals surface area contributed by atoms with Gasteiger partial charge in [-0.25, -0.2) is 0 Å². The van der Waals surface area contributed by atoms with Gasteiger partial charge in [0.2, 0.25) is 5.91 Å². The highest BCUT2D eigenvalue weighted by Crippen LogP contribution is 2.41. The molecule has 0 bridgehead atoms. The maximum absolute atomic E-state index is 12.5. The van der Waals surface area contributed by atoms with Gasteiger partial charge in [-0.1, -0.05) is 18.2 Å². The first kappa shape index (κ1) is 14.1. The number of aryl methyl sites for hydroxylation is 2. The maximum atomic E-state index is 12.5. The number of anilines is 1. The van der Waals surface area contributed by atoms with Crippen molar-refractivity contribution >= 4 is 11.6 Å². The number of carbonyl (C=O) groups is 1. The smallest absolute Gasteiger partial charge is 0.227 e. The Labute approximate surface area is 116 Å². The second-order valence-electron chi connectivity index (χ2n) is 6.08. The lowest BCUT2D eigenvalue weighted by Gasteiger charge is -2.37. The third kappa shape index (κ3) is 2.27. The first-order chi connectivity index (χ1) is 8.89. The number of hydrogen-bond donors (Lipinski definition) is 1. The molecule has 1 N–H and O–H groups in total. The minimum absolute atomic E-state index is 0.142. The van der Waals surface area contributed by atoms with Crippen LogP contribution in [0.25, 0.3) is 0 Å². The molecule has 1 aliphatic heterocycles. The summed E-state index contributed by atoms with van der Waals surface area (Å²) in [4.78, 5) is 14.5. The van der Waals surface area contributed by atoms with E-state index >= 15 is 0 Å². The van der Waals surface area contributed by atoms with E-state index in [4.69, 9.17) is 0 Å². The van der Waals surface area contributed by atoms with Crippen LogP contribution in [0.1, 0.15) is 31.4 Å². The van der Waals surface area contributed by atoms with Crippen molar-refractivity contribution < 1.29 is 4.79 Å². The molecular formula is C16H24N2O. The maximum Gasteiger partial charge on any atom is 0.227 e. The van der Waals surface area contributed by atoms with E-state index in [1.807, 2.05) is 18.0 Å². The Hall–Kier alpha value is -1.35. The van der Waals surface area contributed by atoms with Gasteiger partial charge >= 0.3 is 0 Å². The van der Waals surface area contributed by atoms with Crippen molar-refractivity contribution in [3.8, 4) is 0 Å². The van der Waals surface area contributed by atoms with Crippen LogP contribution in [0.5, 0.6) is 0 Å². The van der Waals surface area contributed by atoms with Crippen molar-refractivity contribution in [2.45, 2.75) is 39.7 Å². The Morgan fingerprint density at radius 1 is 1.32 bits per heavy atom. The van der Waals surface area contributed by atoms with E-state index in [0.29, 0.717) is 12.3 Å². The molecule has 1 aromatic carbocycles. The van der Waals surface area contributed by atoms with Crippen molar-refractivity contribution in [2.75, 3.05) is 18.5 Å². The Balaban J connectivity index is 2.47. The first-order valence-electron chi connectivity index (χ1n) is 6.93. The summed E-state index contributed by atoms with van der Waals surface area (Å²) in [5.41, 5.74) is 3.30. The highest BCUT2D eigenvalue weighted by Gasteiger charge is 2.47. The molecule has 104 valence electrons. The zero-order chi connectivity index (χ0) is 14.2. The number of nitrogens with zero attached hydrogens (tertiary/aromatic N) is 1. The van der Waals surface area contributed by atoms with Crippen LogP contribution in [-0.4, -0.2) is 25.0 Å². The summed E-state index contributed by atoms with van der Waals surface area (Å²) >= 11 is 0. The average molecular weight is 260 g/mol. The number of nitrogens with one attached hydrogen (secondary N) is 1. The average Bonchev–Trinajstić information content (AvgIpc) is 2.52. The van der Waals surface area contributed by atoms with E-state index in [1.165, 1.54) is 11.1 Å². The van der Waals surface area contributed by atoms with Crippen molar-refractivity contribution in [1.82, 2.24) is 5.32 Å². The molecule has 1 atom stereocenters. The van der Waals surface area contributed by atoms with Crippen LogP contribution < -0.4 is 10.2 Å². The van der Waals surface area contributed by atoms with Gasteiger partial charge in [0.25, 0.3) is 0 Å². The molecule has 0 saturated carbocycles. The molecule has 0 aromatic heterocycles. The van der Waals surface area contributed by atoms with Gasteiger partial charge in [0.1, 0.15) is 0 Å². The van der Waals surface area contributed by atoms with E-state index < -0.39 is 0 Å². The highest BCUT2D eigenvalue weighted by atomic mass is 16.2. The third-order valence-corrected chi connectivity index (χ3v) is 4.36. The molecule has 1 heterocycles. The van der Waals surface area contributed by atoms with Gasteiger partial charge in [-0.2, -0.15) is 0 Å². The van der Waals surface area contributed by atoms with E-state index in [9.17, 15) is 4.79 Å². The molecule has 1 aliphatic rings. The van der Waals surface area contributed by atoms with Crippen LogP contribution in [-0.2, 0) is 4.79 Å². The van der Waals surface area contributed by atoms with Crippen LogP contribution >= 0.6 is 0 Å². The van der Waals surface area contributed by atoms with Crippen LogP contribution in [0.2, 0.25) is 0 Å². The lowest BCUT2D eigenvalue weighted by molar-refractivity contribution is -0.117. The second kappa shape index (κ2) is 4.97. The molecular weight excluding hydrogens is 236 g/mol. The van der Waals surface area contributed by atoms with Gasteiger partial charge in [-0.3, -0.25) is 4.79 Å².